The third-order valence-electron chi connectivity index (χ3n) is 3.76. The highest BCUT2D eigenvalue weighted by molar-refractivity contribution is 8.11. The molecule has 0 radical (unpaired) electrons. The number of thioether (sulfide) groups is 1. The Morgan fingerprint density at radius 3 is 2.28 bits per heavy atom. The van der Waals surface area contributed by atoms with Gasteiger partial charge in [-0.1, -0.05) is 41.0 Å². The van der Waals surface area contributed by atoms with Gasteiger partial charge in [-0.3, -0.25) is 4.21 Å². The SMILES string of the molecule is CS[C@@]1(c2ccc(C)cc2)CC(C)=C(C)C[S@]1=O. The van der Waals surface area contributed by atoms with E-state index in [1.165, 1.54) is 22.3 Å². The monoisotopic (exact) mass is 280 g/mol. The van der Waals surface area contributed by atoms with Gasteiger partial charge >= 0.3 is 0 Å². The summed E-state index contributed by atoms with van der Waals surface area (Å²) in [6.45, 7) is 6.36. The Bertz CT molecular complexity index is 502. The van der Waals surface area contributed by atoms with Gasteiger partial charge in [-0.25, -0.2) is 0 Å². The summed E-state index contributed by atoms with van der Waals surface area (Å²) in [7, 11) is -0.840. The van der Waals surface area contributed by atoms with Gasteiger partial charge in [0.1, 0.15) is 4.08 Å². The van der Waals surface area contributed by atoms with E-state index in [-0.39, 0.29) is 4.08 Å². The third-order valence-corrected chi connectivity index (χ3v) is 7.67. The Morgan fingerprint density at radius 2 is 1.72 bits per heavy atom. The molecule has 0 fully saturated rings. The minimum atomic E-state index is -0.840. The maximum atomic E-state index is 12.6. The van der Waals surface area contributed by atoms with Crippen molar-refractivity contribution in [2.24, 2.45) is 0 Å². The number of allylic oxidation sites excluding steroid dienone is 1. The first kappa shape index (κ1) is 13.9. The Labute approximate surface area is 117 Å². The van der Waals surface area contributed by atoms with E-state index < -0.39 is 10.8 Å². The Hall–Kier alpha value is -0.540. The van der Waals surface area contributed by atoms with Crippen molar-refractivity contribution in [3.05, 3.63) is 46.5 Å². The van der Waals surface area contributed by atoms with Crippen LogP contribution < -0.4 is 0 Å². The quantitative estimate of drug-likeness (QED) is 0.762. The van der Waals surface area contributed by atoms with E-state index in [9.17, 15) is 4.21 Å². The topological polar surface area (TPSA) is 17.1 Å². The van der Waals surface area contributed by atoms with Gasteiger partial charge < -0.3 is 0 Å². The fourth-order valence-electron chi connectivity index (χ4n) is 2.34. The molecule has 0 aromatic heterocycles. The molecule has 0 saturated carbocycles. The summed E-state index contributed by atoms with van der Waals surface area (Å²) in [6, 6.07) is 8.51. The normalized spacial score (nSPS) is 28.6. The van der Waals surface area contributed by atoms with Crippen LogP contribution in [0, 0.1) is 6.92 Å². The van der Waals surface area contributed by atoms with Crippen LogP contribution >= 0.6 is 11.8 Å². The van der Waals surface area contributed by atoms with E-state index in [1.807, 2.05) is 0 Å². The molecule has 0 bridgehead atoms. The predicted octanol–water partition coefficient (Wildman–Crippen LogP) is 4.00. The minimum Gasteiger partial charge on any atom is -0.257 e. The lowest BCUT2D eigenvalue weighted by molar-refractivity contribution is 0.658. The second-order valence-electron chi connectivity index (χ2n) is 5.05. The molecule has 0 N–H and O–H groups in total. The Morgan fingerprint density at radius 1 is 1.11 bits per heavy atom. The third kappa shape index (κ3) is 2.30. The van der Waals surface area contributed by atoms with Crippen molar-refractivity contribution < 1.29 is 4.21 Å². The average molecular weight is 280 g/mol. The first-order valence-electron chi connectivity index (χ1n) is 6.15. The van der Waals surface area contributed by atoms with Crippen LogP contribution in [0.1, 0.15) is 31.4 Å². The lowest BCUT2D eigenvalue weighted by Gasteiger charge is -2.36. The van der Waals surface area contributed by atoms with E-state index in [0.29, 0.717) is 5.75 Å². The molecule has 1 aromatic carbocycles. The molecule has 0 unspecified atom stereocenters. The van der Waals surface area contributed by atoms with Gasteiger partial charge in [-0.05, 0) is 39.0 Å². The van der Waals surface area contributed by atoms with Crippen molar-refractivity contribution in [1.82, 2.24) is 0 Å². The Kier molecular flexibility index (Phi) is 4.02. The van der Waals surface area contributed by atoms with E-state index in [4.69, 9.17) is 0 Å². The summed E-state index contributed by atoms with van der Waals surface area (Å²) in [4.78, 5) is 0. The first-order chi connectivity index (χ1) is 8.49. The van der Waals surface area contributed by atoms with Gasteiger partial charge in [0.2, 0.25) is 0 Å². The minimum absolute atomic E-state index is 0.253. The molecule has 0 amide bonds. The fourth-order valence-corrected chi connectivity index (χ4v) is 5.64. The summed E-state index contributed by atoms with van der Waals surface area (Å²) < 4.78 is 12.4. The molecular formula is C15H20OS2. The number of aryl methyl sites for hydroxylation is 1. The Balaban J connectivity index is 2.49. The summed E-state index contributed by atoms with van der Waals surface area (Å²) >= 11 is 1.73. The van der Waals surface area contributed by atoms with Crippen molar-refractivity contribution in [2.45, 2.75) is 31.3 Å². The van der Waals surface area contributed by atoms with Gasteiger partial charge in [0, 0.05) is 16.6 Å². The van der Waals surface area contributed by atoms with E-state index in [2.05, 4.69) is 51.3 Å². The molecule has 0 aliphatic carbocycles. The van der Waals surface area contributed by atoms with Crippen LogP contribution in [0.25, 0.3) is 0 Å². The molecule has 1 nitrogen and oxygen atoms in total. The molecule has 18 heavy (non-hydrogen) atoms. The fraction of sp³-hybridized carbons (Fsp3) is 0.467. The van der Waals surface area contributed by atoms with Gasteiger partial charge in [0.25, 0.3) is 0 Å². The van der Waals surface area contributed by atoms with Crippen LogP contribution in [0.15, 0.2) is 35.4 Å². The average Bonchev–Trinajstić information content (AvgIpc) is 2.35. The molecule has 2 rings (SSSR count). The van der Waals surface area contributed by atoms with E-state index in [1.54, 1.807) is 11.8 Å². The van der Waals surface area contributed by atoms with Crippen molar-refractivity contribution in [1.29, 1.82) is 0 Å². The van der Waals surface area contributed by atoms with Crippen LogP contribution in [0.5, 0.6) is 0 Å². The smallest absolute Gasteiger partial charge is 0.120 e. The van der Waals surface area contributed by atoms with Crippen LogP contribution in [0.2, 0.25) is 0 Å². The summed E-state index contributed by atoms with van der Waals surface area (Å²) in [5, 5.41) is 0. The van der Waals surface area contributed by atoms with Crippen LogP contribution in [0.3, 0.4) is 0 Å². The molecular weight excluding hydrogens is 260 g/mol. The first-order valence-corrected chi connectivity index (χ1v) is 8.70. The summed E-state index contributed by atoms with van der Waals surface area (Å²) in [6.07, 6.45) is 2.97. The standard InChI is InChI=1S/C15H20OS2/c1-11-5-7-14(8-6-11)15(17-4)9-12(2)13(3)10-18(15)16/h5-8H,9-10H2,1-4H3/t15-,18+/m0/s1. The zero-order valence-electron chi connectivity index (χ0n) is 11.4. The lowest BCUT2D eigenvalue weighted by atomic mass is 10.00. The molecule has 1 aliphatic heterocycles. The van der Waals surface area contributed by atoms with Crippen LogP contribution in [0.4, 0.5) is 0 Å². The van der Waals surface area contributed by atoms with Gasteiger partial charge in [-0.2, -0.15) is 0 Å². The molecule has 3 heteroatoms. The molecule has 0 spiro atoms. The van der Waals surface area contributed by atoms with Crippen molar-refractivity contribution in [3.8, 4) is 0 Å². The summed E-state index contributed by atoms with van der Waals surface area (Å²) in [5.74, 6) is 0.709. The lowest BCUT2D eigenvalue weighted by Crippen LogP contribution is -2.33. The van der Waals surface area contributed by atoms with Crippen LogP contribution in [-0.4, -0.2) is 16.2 Å². The maximum absolute atomic E-state index is 12.6. The van der Waals surface area contributed by atoms with Crippen molar-refractivity contribution >= 4 is 22.6 Å². The molecule has 0 saturated heterocycles. The molecule has 1 aromatic rings. The predicted molar refractivity (Wildman–Crippen MR) is 82.4 cm³/mol. The zero-order valence-corrected chi connectivity index (χ0v) is 13.1. The van der Waals surface area contributed by atoms with Gasteiger partial charge in [-0.15, -0.1) is 11.8 Å². The summed E-state index contributed by atoms with van der Waals surface area (Å²) in [5.41, 5.74) is 5.14. The molecule has 1 heterocycles. The van der Waals surface area contributed by atoms with E-state index >= 15 is 0 Å². The highest BCUT2D eigenvalue weighted by Gasteiger charge is 2.41. The molecule has 1 aliphatic rings. The number of benzene rings is 1. The van der Waals surface area contributed by atoms with Gasteiger partial charge in [0.05, 0.1) is 0 Å². The second-order valence-corrected chi connectivity index (χ2v) is 8.09. The van der Waals surface area contributed by atoms with Crippen molar-refractivity contribution in [3.63, 3.8) is 0 Å². The highest BCUT2D eigenvalue weighted by Crippen LogP contribution is 2.47. The second kappa shape index (κ2) is 5.22. The maximum Gasteiger partial charge on any atom is 0.120 e. The van der Waals surface area contributed by atoms with Crippen molar-refractivity contribution in [2.75, 3.05) is 12.0 Å². The number of rotatable bonds is 2. The van der Waals surface area contributed by atoms with E-state index in [0.717, 1.165) is 6.42 Å². The number of hydrogen-bond acceptors (Lipinski definition) is 2. The zero-order chi connectivity index (χ0) is 13.3. The number of hydrogen-bond donors (Lipinski definition) is 0. The van der Waals surface area contributed by atoms with Gasteiger partial charge in [0.15, 0.2) is 0 Å². The molecule has 98 valence electrons. The molecule has 2 atom stereocenters. The van der Waals surface area contributed by atoms with Crippen LogP contribution in [-0.2, 0) is 14.9 Å². The highest BCUT2D eigenvalue weighted by atomic mass is 32.2. The largest absolute Gasteiger partial charge is 0.257 e.